The summed E-state index contributed by atoms with van der Waals surface area (Å²) < 4.78 is 1.60. The number of halogens is 1. The van der Waals surface area contributed by atoms with Crippen LogP contribution in [0.1, 0.15) is 29.5 Å². The number of aromatic nitrogens is 2. The first-order valence-electron chi connectivity index (χ1n) is 6.83. The third-order valence-corrected chi connectivity index (χ3v) is 4.58. The van der Waals surface area contributed by atoms with Crippen molar-refractivity contribution in [3.05, 3.63) is 27.8 Å². The molecule has 1 heterocycles. The second-order valence-electron chi connectivity index (χ2n) is 5.40. The summed E-state index contributed by atoms with van der Waals surface area (Å²) in [5.74, 6) is 0.690. The Morgan fingerprint density at radius 1 is 1.30 bits per heavy atom. The molecule has 3 rings (SSSR count). The molecule has 0 radical (unpaired) electrons. The van der Waals surface area contributed by atoms with Gasteiger partial charge < -0.3 is 10.8 Å². The first-order chi connectivity index (χ1) is 9.50. The monoisotopic (exact) mass is 291 g/mol. The number of nitrogens with two attached hydrogens (primary N) is 1. The van der Waals surface area contributed by atoms with Crippen LogP contribution in [0.15, 0.2) is 6.07 Å². The van der Waals surface area contributed by atoms with Crippen molar-refractivity contribution in [1.82, 2.24) is 9.78 Å². The molecule has 106 valence electrons. The Labute approximate surface area is 123 Å². The molecular formula is C15H18ClN3O. The number of anilines is 1. The van der Waals surface area contributed by atoms with Crippen molar-refractivity contribution in [2.24, 2.45) is 7.05 Å². The van der Waals surface area contributed by atoms with E-state index < -0.39 is 0 Å². The van der Waals surface area contributed by atoms with Gasteiger partial charge in [-0.3, -0.25) is 4.68 Å². The fourth-order valence-electron chi connectivity index (χ4n) is 3.06. The molecule has 1 aromatic carbocycles. The van der Waals surface area contributed by atoms with Crippen molar-refractivity contribution < 1.29 is 5.11 Å². The lowest BCUT2D eigenvalue weighted by atomic mass is 9.85. The van der Waals surface area contributed by atoms with Gasteiger partial charge in [-0.25, -0.2) is 0 Å². The number of phenols is 1. The summed E-state index contributed by atoms with van der Waals surface area (Å²) in [6.45, 7) is 2.03. The molecule has 3 N–H and O–H groups in total. The summed E-state index contributed by atoms with van der Waals surface area (Å²) in [6.07, 6.45) is 4.24. The number of rotatable bonds is 1. The van der Waals surface area contributed by atoms with Gasteiger partial charge >= 0.3 is 0 Å². The summed E-state index contributed by atoms with van der Waals surface area (Å²) in [6, 6.07) is 1.77. The largest absolute Gasteiger partial charge is 0.506 e. The molecule has 2 aromatic rings. The van der Waals surface area contributed by atoms with Gasteiger partial charge in [0.25, 0.3) is 0 Å². The molecule has 20 heavy (non-hydrogen) atoms. The number of hydrogen-bond acceptors (Lipinski definition) is 3. The van der Waals surface area contributed by atoms with E-state index in [1.807, 2.05) is 6.92 Å². The molecular weight excluding hydrogens is 274 g/mol. The lowest BCUT2D eigenvalue weighted by Gasteiger charge is -2.22. The topological polar surface area (TPSA) is 64.1 Å². The fraction of sp³-hybridized carbons (Fsp3) is 0.400. The van der Waals surface area contributed by atoms with Crippen LogP contribution in [0.4, 0.5) is 5.82 Å². The third kappa shape index (κ3) is 1.86. The molecule has 4 nitrogen and oxygen atoms in total. The lowest BCUT2D eigenvalue weighted by Crippen LogP contribution is -2.07. The fourth-order valence-corrected chi connectivity index (χ4v) is 3.36. The average molecular weight is 292 g/mol. The highest BCUT2D eigenvalue weighted by Gasteiger charge is 2.24. The van der Waals surface area contributed by atoms with Crippen LogP contribution in [0.3, 0.4) is 0 Å². The van der Waals surface area contributed by atoms with E-state index in [-0.39, 0.29) is 5.75 Å². The SMILES string of the molecule is Cc1c2c(c(Cl)c(O)c1-c1cc(N)n(C)n1)CCCC2. The van der Waals surface area contributed by atoms with Crippen LogP contribution in [0.2, 0.25) is 5.02 Å². The predicted octanol–water partition coefficient (Wildman–Crippen LogP) is 3.22. The predicted molar refractivity (Wildman–Crippen MR) is 81.1 cm³/mol. The van der Waals surface area contributed by atoms with Crippen molar-refractivity contribution in [2.75, 3.05) is 5.73 Å². The van der Waals surface area contributed by atoms with Crippen molar-refractivity contribution in [2.45, 2.75) is 32.6 Å². The molecule has 0 spiro atoms. The molecule has 0 bridgehead atoms. The van der Waals surface area contributed by atoms with Crippen LogP contribution in [-0.2, 0) is 19.9 Å². The number of aryl methyl sites for hydroxylation is 1. The standard InChI is InChI=1S/C15H18ClN3O/c1-8-9-5-3-4-6-10(9)14(16)15(20)13(8)11-7-12(17)19(2)18-11/h7,20H,3-6,17H2,1-2H3. The highest BCUT2D eigenvalue weighted by Crippen LogP contribution is 2.44. The molecule has 0 unspecified atom stereocenters. The normalized spacial score (nSPS) is 14.3. The average Bonchev–Trinajstić information content (AvgIpc) is 2.76. The molecule has 0 amide bonds. The van der Waals surface area contributed by atoms with Crippen molar-refractivity contribution in [3.8, 4) is 17.0 Å². The maximum atomic E-state index is 10.5. The van der Waals surface area contributed by atoms with E-state index in [1.54, 1.807) is 17.8 Å². The van der Waals surface area contributed by atoms with Gasteiger partial charge in [0.15, 0.2) is 0 Å². The zero-order valence-electron chi connectivity index (χ0n) is 11.7. The second-order valence-corrected chi connectivity index (χ2v) is 5.78. The van der Waals surface area contributed by atoms with Crippen LogP contribution in [0.25, 0.3) is 11.3 Å². The van der Waals surface area contributed by atoms with Gasteiger partial charge in [0.1, 0.15) is 11.6 Å². The Balaban J connectivity index is 2.28. The van der Waals surface area contributed by atoms with Gasteiger partial charge in [-0.05, 0) is 49.3 Å². The number of nitrogens with zero attached hydrogens (tertiary/aromatic N) is 2. The molecule has 0 fully saturated rings. The van der Waals surface area contributed by atoms with Gasteiger partial charge in [-0.15, -0.1) is 0 Å². The maximum Gasteiger partial charge on any atom is 0.144 e. The van der Waals surface area contributed by atoms with Gasteiger partial charge in [0, 0.05) is 18.7 Å². The van der Waals surface area contributed by atoms with E-state index in [4.69, 9.17) is 17.3 Å². The molecule has 1 aliphatic rings. The van der Waals surface area contributed by atoms with Crippen LogP contribution in [0.5, 0.6) is 5.75 Å². The second kappa shape index (κ2) is 4.70. The van der Waals surface area contributed by atoms with E-state index in [0.29, 0.717) is 22.1 Å². The molecule has 0 atom stereocenters. The summed E-state index contributed by atoms with van der Waals surface area (Å²) in [5.41, 5.74) is 10.7. The molecule has 0 saturated carbocycles. The molecule has 0 aliphatic heterocycles. The van der Waals surface area contributed by atoms with Gasteiger partial charge in [-0.1, -0.05) is 11.6 Å². The summed E-state index contributed by atoms with van der Waals surface area (Å²) in [5, 5.41) is 15.3. The van der Waals surface area contributed by atoms with E-state index in [9.17, 15) is 5.11 Å². The number of aromatic hydroxyl groups is 1. The summed E-state index contributed by atoms with van der Waals surface area (Å²) >= 11 is 6.37. The van der Waals surface area contributed by atoms with E-state index in [0.717, 1.165) is 30.4 Å². The number of hydrogen-bond donors (Lipinski definition) is 2. The minimum Gasteiger partial charge on any atom is -0.506 e. The summed E-state index contributed by atoms with van der Waals surface area (Å²) in [4.78, 5) is 0. The molecule has 5 heteroatoms. The highest BCUT2D eigenvalue weighted by atomic mass is 35.5. The number of nitrogen functional groups attached to an aromatic ring is 1. The highest BCUT2D eigenvalue weighted by molar-refractivity contribution is 6.33. The molecule has 0 saturated heterocycles. The third-order valence-electron chi connectivity index (χ3n) is 4.18. The Bertz CT molecular complexity index is 672. The molecule has 1 aliphatic carbocycles. The lowest BCUT2D eigenvalue weighted by molar-refractivity contribution is 0.474. The van der Waals surface area contributed by atoms with Gasteiger partial charge in [0.05, 0.1) is 10.7 Å². The maximum absolute atomic E-state index is 10.5. The zero-order chi connectivity index (χ0) is 14.4. The number of fused-ring (bicyclic) bond motifs is 1. The van der Waals surface area contributed by atoms with Crippen LogP contribution < -0.4 is 5.73 Å². The van der Waals surface area contributed by atoms with Crippen LogP contribution >= 0.6 is 11.6 Å². The zero-order valence-corrected chi connectivity index (χ0v) is 12.5. The van der Waals surface area contributed by atoms with Gasteiger partial charge in [-0.2, -0.15) is 5.10 Å². The minimum absolute atomic E-state index is 0.128. The van der Waals surface area contributed by atoms with Gasteiger partial charge in [0.2, 0.25) is 0 Å². The Morgan fingerprint density at radius 2 is 1.95 bits per heavy atom. The van der Waals surface area contributed by atoms with E-state index in [2.05, 4.69) is 5.10 Å². The van der Waals surface area contributed by atoms with Crippen LogP contribution in [-0.4, -0.2) is 14.9 Å². The van der Waals surface area contributed by atoms with Crippen molar-refractivity contribution >= 4 is 17.4 Å². The van der Waals surface area contributed by atoms with Crippen molar-refractivity contribution in [1.29, 1.82) is 0 Å². The van der Waals surface area contributed by atoms with E-state index >= 15 is 0 Å². The van der Waals surface area contributed by atoms with E-state index in [1.165, 1.54) is 12.0 Å². The number of phenolic OH excluding ortho intramolecular Hbond substituents is 1. The number of benzene rings is 1. The Hall–Kier alpha value is -1.68. The Kier molecular flexibility index (Phi) is 3.13. The first kappa shape index (κ1) is 13.3. The first-order valence-corrected chi connectivity index (χ1v) is 7.21. The molecule has 1 aromatic heterocycles. The minimum atomic E-state index is 0.128. The quantitative estimate of drug-likeness (QED) is 0.848. The Morgan fingerprint density at radius 3 is 2.55 bits per heavy atom. The van der Waals surface area contributed by atoms with Crippen LogP contribution in [0, 0.1) is 6.92 Å². The smallest absolute Gasteiger partial charge is 0.144 e. The van der Waals surface area contributed by atoms with Crippen molar-refractivity contribution in [3.63, 3.8) is 0 Å². The summed E-state index contributed by atoms with van der Waals surface area (Å²) in [7, 11) is 1.78.